The molecule has 2 aromatic carbocycles. The molecule has 1 saturated carbocycles. The van der Waals surface area contributed by atoms with Crippen molar-refractivity contribution in [3.05, 3.63) is 64.8 Å². The van der Waals surface area contributed by atoms with Crippen molar-refractivity contribution in [2.45, 2.75) is 57.8 Å². The van der Waals surface area contributed by atoms with Crippen LogP contribution in [0.5, 0.6) is 11.5 Å². The predicted molar refractivity (Wildman–Crippen MR) is 150 cm³/mol. The van der Waals surface area contributed by atoms with E-state index in [9.17, 15) is 14.7 Å². The van der Waals surface area contributed by atoms with Crippen LogP contribution in [0.4, 0.5) is 22.2 Å². The standard InChI is InChI=1S/C29H34N6O5/c1-17-7-6-8-19(13-17)30-26-25-23(32-28(34-26)31-21-9-4-5-10-22(21)33-29(37)38)16-35(27(25)36)15-18-11-12-20(39-2)14-24(18)40-3/h6-8,11-14,21-22,33H,4-5,9-10,15-16H2,1-3H3,(H,37,38)(H2,30,31,32,34)/t21-,22+/m1/s1. The van der Waals surface area contributed by atoms with Crippen LogP contribution in [0, 0.1) is 6.92 Å². The number of carboxylic acid groups (broad SMARTS) is 1. The number of fused-ring (bicyclic) bond motifs is 1. The van der Waals surface area contributed by atoms with E-state index in [4.69, 9.17) is 19.4 Å². The monoisotopic (exact) mass is 546 g/mol. The van der Waals surface area contributed by atoms with E-state index in [1.165, 1.54) is 0 Å². The maximum absolute atomic E-state index is 13.7. The molecule has 0 bridgehead atoms. The molecule has 1 fully saturated rings. The Labute approximate surface area is 232 Å². The van der Waals surface area contributed by atoms with Crippen LogP contribution >= 0.6 is 0 Å². The summed E-state index contributed by atoms with van der Waals surface area (Å²) in [6, 6.07) is 12.9. The first kappa shape index (κ1) is 27.0. The average molecular weight is 547 g/mol. The van der Waals surface area contributed by atoms with E-state index in [0.717, 1.165) is 42.5 Å². The Bertz CT molecular complexity index is 1410. The molecule has 0 spiro atoms. The molecular formula is C29H34N6O5. The van der Waals surface area contributed by atoms with Crippen LogP contribution in [-0.4, -0.2) is 58.3 Å². The van der Waals surface area contributed by atoms with Crippen LogP contribution in [0.3, 0.4) is 0 Å². The van der Waals surface area contributed by atoms with E-state index >= 15 is 0 Å². The zero-order valence-corrected chi connectivity index (χ0v) is 22.9. The van der Waals surface area contributed by atoms with Crippen molar-refractivity contribution < 1.29 is 24.2 Å². The Balaban J connectivity index is 1.46. The van der Waals surface area contributed by atoms with Crippen LogP contribution in [0.25, 0.3) is 0 Å². The van der Waals surface area contributed by atoms with Crippen LogP contribution < -0.4 is 25.4 Å². The second kappa shape index (κ2) is 11.7. The minimum atomic E-state index is -1.05. The molecule has 2 heterocycles. The van der Waals surface area contributed by atoms with Gasteiger partial charge in [0, 0.05) is 23.4 Å². The molecule has 0 saturated heterocycles. The van der Waals surface area contributed by atoms with Crippen LogP contribution in [-0.2, 0) is 13.1 Å². The minimum Gasteiger partial charge on any atom is -0.497 e. The van der Waals surface area contributed by atoms with E-state index in [0.29, 0.717) is 47.6 Å². The molecule has 1 aliphatic carbocycles. The van der Waals surface area contributed by atoms with Gasteiger partial charge in [0.15, 0.2) is 0 Å². The Morgan fingerprint density at radius 1 is 1.07 bits per heavy atom. The Morgan fingerprint density at radius 2 is 1.88 bits per heavy atom. The first-order valence-corrected chi connectivity index (χ1v) is 13.4. The van der Waals surface area contributed by atoms with Crippen molar-refractivity contribution in [3.63, 3.8) is 0 Å². The van der Waals surface area contributed by atoms with Crippen molar-refractivity contribution in [2.75, 3.05) is 24.9 Å². The number of amides is 2. The Hall–Kier alpha value is -4.54. The van der Waals surface area contributed by atoms with Gasteiger partial charge < -0.3 is 35.4 Å². The molecule has 210 valence electrons. The largest absolute Gasteiger partial charge is 0.497 e. The molecule has 1 aromatic heterocycles. The van der Waals surface area contributed by atoms with Gasteiger partial charge in [-0.15, -0.1) is 0 Å². The Morgan fingerprint density at radius 3 is 2.60 bits per heavy atom. The van der Waals surface area contributed by atoms with Gasteiger partial charge in [0.05, 0.1) is 39.0 Å². The summed E-state index contributed by atoms with van der Waals surface area (Å²) in [5.41, 5.74) is 3.73. The lowest BCUT2D eigenvalue weighted by Crippen LogP contribution is -2.48. The summed E-state index contributed by atoms with van der Waals surface area (Å²) in [7, 11) is 3.18. The summed E-state index contributed by atoms with van der Waals surface area (Å²) < 4.78 is 10.9. The number of aromatic nitrogens is 2. The third-order valence-electron chi connectivity index (χ3n) is 7.35. The predicted octanol–water partition coefficient (Wildman–Crippen LogP) is 4.69. The fourth-order valence-corrected chi connectivity index (χ4v) is 5.39. The van der Waals surface area contributed by atoms with Crippen LogP contribution in [0.2, 0.25) is 0 Å². The number of hydrogen-bond donors (Lipinski definition) is 4. The SMILES string of the molecule is COc1ccc(CN2Cc3nc(N[C@@H]4CCCC[C@@H]4NC(=O)O)nc(Nc4cccc(C)c4)c3C2=O)c(OC)c1. The first-order chi connectivity index (χ1) is 19.3. The third-order valence-corrected chi connectivity index (χ3v) is 7.35. The zero-order chi connectivity index (χ0) is 28.2. The molecular weight excluding hydrogens is 512 g/mol. The fraction of sp³-hybridized carbons (Fsp3) is 0.379. The summed E-state index contributed by atoms with van der Waals surface area (Å²) in [4.78, 5) is 36.3. The van der Waals surface area contributed by atoms with Crippen LogP contribution in [0.15, 0.2) is 42.5 Å². The number of rotatable bonds is 9. The minimum absolute atomic E-state index is 0.161. The van der Waals surface area contributed by atoms with Gasteiger partial charge in [0.25, 0.3) is 5.91 Å². The molecule has 2 aliphatic rings. The fourth-order valence-electron chi connectivity index (χ4n) is 5.39. The molecule has 2 atom stereocenters. The highest BCUT2D eigenvalue weighted by molar-refractivity contribution is 6.03. The molecule has 40 heavy (non-hydrogen) atoms. The second-order valence-electron chi connectivity index (χ2n) is 10.1. The molecule has 0 radical (unpaired) electrons. The topological polar surface area (TPSA) is 138 Å². The van der Waals surface area contributed by atoms with Crippen molar-refractivity contribution in [3.8, 4) is 11.5 Å². The highest BCUT2D eigenvalue weighted by atomic mass is 16.5. The highest BCUT2D eigenvalue weighted by Crippen LogP contribution is 2.34. The van der Waals surface area contributed by atoms with Gasteiger partial charge in [-0.2, -0.15) is 4.98 Å². The Kier molecular flexibility index (Phi) is 7.90. The normalized spacial score (nSPS) is 18.2. The molecule has 3 aromatic rings. The van der Waals surface area contributed by atoms with E-state index in [1.54, 1.807) is 25.2 Å². The summed E-state index contributed by atoms with van der Waals surface area (Å²) in [6.07, 6.45) is 2.40. The molecule has 2 amide bonds. The molecule has 5 rings (SSSR count). The van der Waals surface area contributed by atoms with E-state index < -0.39 is 6.09 Å². The molecule has 0 unspecified atom stereocenters. The van der Waals surface area contributed by atoms with Gasteiger partial charge in [-0.1, -0.05) is 25.0 Å². The number of nitrogens with one attached hydrogen (secondary N) is 3. The van der Waals surface area contributed by atoms with Crippen molar-refractivity contribution in [1.29, 1.82) is 0 Å². The smallest absolute Gasteiger partial charge is 0.404 e. The number of carbonyl (C=O) groups excluding carboxylic acids is 1. The summed E-state index contributed by atoms with van der Waals surface area (Å²) in [5.74, 6) is 1.88. The second-order valence-corrected chi connectivity index (χ2v) is 10.1. The lowest BCUT2D eigenvalue weighted by molar-refractivity contribution is 0.0765. The van der Waals surface area contributed by atoms with Crippen LogP contribution in [0.1, 0.15) is 52.9 Å². The number of methoxy groups -OCH3 is 2. The quantitative estimate of drug-likeness (QED) is 0.301. The number of hydrogen-bond acceptors (Lipinski definition) is 8. The van der Waals surface area contributed by atoms with Gasteiger partial charge in [0.2, 0.25) is 5.95 Å². The number of nitrogens with zero attached hydrogens (tertiary/aromatic N) is 3. The molecule has 11 heteroatoms. The summed E-state index contributed by atoms with van der Waals surface area (Å²) >= 11 is 0. The van der Waals surface area contributed by atoms with E-state index in [-0.39, 0.29) is 18.0 Å². The van der Waals surface area contributed by atoms with Gasteiger partial charge >= 0.3 is 6.09 Å². The zero-order valence-electron chi connectivity index (χ0n) is 22.9. The summed E-state index contributed by atoms with van der Waals surface area (Å²) in [5, 5.41) is 18.6. The third kappa shape index (κ3) is 5.88. The van der Waals surface area contributed by atoms with E-state index in [2.05, 4.69) is 16.0 Å². The first-order valence-electron chi connectivity index (χ1n) is 13.4. The molecule has 1 aliphatic heterocycles. The lowest BCUT2D eigenvalue weighted by atomic mass is 9.90. The maximum Gasteiger partial charge on any atom is 0.404 e. The van der Waals surface area contributed by atoms with E-state index in [1.807, 2.05) is 43.3 Å². The lowest BCUT2D eigenvalue weighted by Gasteiger charge is -2.32. The molecule has 4 N–H and O–H groups in total. The van der Waals surface area contributed by atoms with Crippen molar-refractivity contribution in [1.82, 2.24) is 20.2 Å². The number of ether oxygens (including phenoxy) is 2. The van der Waals surface area contributed by atoms with Gasteiger partial charge in [0.1, 0.15) is 22.9 Å². The maximum atomic E-state index is 13.7. The van der Waals surface area contributed by atoms with Gasteiger partial charge in [-0.25, -0.2) is 9.78 Å². The van der Waals surface area contributed by atoms with Gasteiger partial charge in [-0.05, 0) is 49.6 Å². The van der Waals surface area contributed by atoms with Crippen molar-refractivity contribution >= 4 is 29.5 Å². The van der Waals surface area contributed by atoms with Gasteiger partial charge in [-0.3, -0.25) is 4.79 Å². The average Bonchev–Trinajstić information content (AvgIpc) is 3.24. The number of anilines is 3. The number of carbonyl (C=O) groups is 2. The summed E-state index contributed by atoms with van der Waals surface area (Å²) in [6.45, 7) is 2.61. The highest BCUT2D eigenvalue weighted by Gasteiger charge is 2.35. The number of aryl methyl sites for hydroxylation is 1. The molecule has 11 nitrogen and oxygen atoms in total. The van der Waals surface area contributed by atoms with Crippen molar-refractivity contribution in [2.24, 2.45) is 0 Å². The number of benzene rings is 2.